The van der Waals surface area contributed by atoms with Crippen LogP contribution in [-0.4, -0.2) is 35.4 Å². The van der Waals surface area contributed by atoms with Gasteiger partial charge in [-0.3, -0.25) is 0 Å². The van der Waals surface area contributed by atoms with Gasteiger partial charge in [0.05, 0.1) is 0 Å². The van der Waals surface area contributed by atoms with Gasteiger partial charge < -0.3 is 0 Å². The smallest absolute Gasteiger partial charge is 0.205 e. The topological polar surface area (TPSA) is 85.2 Å². The molecule has 0 amide bonds. The Morgan fingerprint density at radius 2 is 1.68 bits per heavy atom. The van der Waals surface area contributed by atoms with Gasteiger partial charge in [-0.15, -0.1) is 10.2 Å². The van der Waals surface area contributed by atoms with Gasteiger partial charge in [-0.05, 0) is 34.7 Å². The maximum atomic E-state index is 4.85. The average Bonchev–Trinajstić information content (AvgIpc) is 3.47. The van der Waals surface area contributed by atoms with Crippen LogP contribution in [0.5, 0.6) is 0 Å². The Balaban J connectivity index is 1.55. The molecule has 0 aliphatic heterocycles. The van der Waals surface area contributed by atoms with Crippen LogP contribution in [0.1, 0.15) is 56.7 Å². The number of aromatic amines is 1. The fraction of sp³-hybridized carbons (Fsp3) is 0.375. The molecular formula is C24H29N7. The summed E-state index contributed by atoms with van der Waals surface area (Å²) in [6, 6.07) is 16.8. The van der Waals surface area contributed by atoms with Crippen molar-refractivity contribution in [2.24, 2.45) is 0 Å². The molecule has 2 aromatic carbocycles. The minimum absolute atomic E-state index is 0.600. The molecule has 0 spiro atoms. The summed E-state index contributed by atoms with van der Waals surface area (Å²) < 4.78 is 2.11. The molecule has 0 atom stereocenters. The molecule has 7 heteroatoms. The lowest BCUT2D eigenvalue weighted by atomic mass is 9.98. The van der Waals surface area contributed by atoms with E-state index in [1.54, 1.807) is 0 Å². The maximum absolute atomic E-state index is 4.85. The van der Waals surface area contributed by atoms with Crippen molar-refractivity contribution < 1.29 is 0 Å². The number of aromatic nitrogens is 7. The van der Waals surface area contributed by atoms with E-state index in [-0.39, 0.29) is 0 Å². The Morgan fingerprint density at radius 3 is 2.39 bits per heavy atom. The van der Waals surface area contributed by atoms with Gasteiger partial charge in [-0.25, -0.2) is 9.67 Å². The quantitative estimate of drug-likeness (QED) is 0.400. The van der Waals surface area contributed by atoms with Crippen LogP contribution < -0.4 is 0 Å². The van der Waals surface area contributed by atoms with Crippen LogP contribution in [0.25, 0.3) is 22.5 Å². The summed E-state index contributed by atoms with van der Waals surface area (Å²) in [7, 11) is 0. The highest BCUT2D eigenvalue weighted by Gasteiger charge is 2.13. The van der Waals surface area contributed by atoms with Crippen molar-refractivity contribution in [3.8, 4) is 22.5 Å². The van der Waals surface area contributed by atoms with Crippen LogP contribution in [0.4, 0.5) is 0 Å². The van der Waals surface area contributed by atoms with Gasteiger partial charge in [0.15, 0.2) is 5.82 Å². The lowest BCUT2D eigenvalue weighted by molar-refractivity contribution is 0.544. The Hall–Kier alpha value is -3.35. The fourth-order valence-electron chi connectivity index (χ4n) is 3.68. The number of nitrogens with zero attached hydrogens (tertiary/aromatic N) is 6. The first-order chi connectivity index (χ1) is 15.3. The molecule has 4 aromatic rings. The Kier molecular flexibility index (Phi) is 6.82. The SMILES string of the molecule is CCCCc1nc(Cc2ccc(-c3ccccc3-c3nn[nH]n3)cc2)n(CCCC)n1. The van der Waals surface area contributed by atoms with Gasteiger partial charge in [-0.2, -0.15) is 10.3 Å². The molecular weight excluding hydrogens is 386 g/mol. The zero-order valence-electron chi connectivity index (χ0n) is 18.3. The minimum Gasteiger partial charge on any atom is -0.249 e. The van der Waals surface area contributed by atoms with Crippen LogP contribution in [0, 0.1) is 0 Å². The molecule has 160 valence electrons. The summed E-state index contributed by atoms with van der Waals surface area (Å²) in [6.45, 7) is 5.34. The first-order valence-electron chi connectivity index (χ1n) is 11.1. The number of aryl methyl sites for hydroxylation is 2. The maximum Gasteiger partial charge on any atom is 0.205 e. The summed E-state index contributed by atoms with van der Waals surface area (Å²) in [4.78, 5) is 4.85. The molecule has 0 saturated carbocycles. The van der Waals surface area contributed by atoms with E-state index in [2.05, 4.69) is 69.5 Å². The number of rotatable bonds is 10. The molecule has 1 N–H and O–H groups in total. The van der Waals surface area contributed by atoms with Gasteiger partial charge in [-0.1, -0.05) is 75.2 Å². The zero-order valence-corrected chi connectivity index (χ0v) is 18.3. The number of unbranched alkanes of at least 4 members (excludes halogenated alkanes) is 2. The molecule has 0 bridgehead atoms. The van der Waals surface area contributed by atoms with E-state index in [1.165, 1.54) is 5.56 Å². The monoisotopic (exact) mass is 415 g/mol. The molecule has 7 nitrogen and oxygen atoms in total. The molecule has 0 unspecified atom stereocenters. The van der Waals surface area contributed by atoms with Crippen LogP contribution in [-0.2, 0) is 19.4 Å². The van der Waals surface area contributed by atoms with Crippen LogP contribution in [0.15, 0.2) is 48.5 Å². The second-order valence-electron chi connectivity index (χ2n) is 7.78. The highest BCUT2D eigenvalue weighted by molar-refractivity contribution is 5.80. The molecule has 2 aromatic heterocycles. The highest BCUT2D eigenvalue weighted by atomic mass is 15.5. The second kappa shape index (κ2) is 10.1. The molecule has 4 rings (SSSR count). The van der Waals surface area contributed by atoms with Gasteiger partial charge in [0.25, 0.3) is 0 Å². The standard InChI is InChI=1S/C24H29N7/c1-3-5-11-22-25-23(31(28-22)16-6-4-2)17-18-12-14-19(15-13-18)20-9-7-8-10-21(20)24-26-29-30-27-24/h7-10,12-15H,3-6,11,16-17H2,1-2H3,(H,26,27,29,30). The van der Waals surface area contributed by atoms with Crippen molar-refractivity contribution in [1.82, 2.24) is 35.4 Å². The lowest BCUT2D eigenvalue weighted by Gasteiger charge is -2.09. The lowest BCUT2D eigenvalue weighted by Crippen LogP contribution is -2.06. The van der Waals surface area contributed by atoms with E-state index in [0.717, 1.165) is 73.4 Å². The van der Waals surface area contributed by atoms with Gasteiger partial charge in [0.2, 0.25) is 5.82 Å². The molecule has 0 aliphatic rings. The van der Waals surface area contributed by atoms with Crippen molar-refractivity contribution in [3.05, 3.63) is 65.7 Å². The van der Waals surface area contributed by atoms with E-state index in [1.807, 2.05) is 18.2 Å². The first-order valence-corrected chi connectivity index (χ1v) is 11.1. The molecule has 0 aliphatic carbocycles. The number of nitrogens with one attached hydrogen (secondary N) is 1. The molecule has 31 heavy (non-hydrogen) atoms. The van der Waals surface area contributed by atoms with E-state index >= 15 is 0 Å². The molecule has 0 saturated heterocycles. The third-order valence-electron chi connectivity index (χ3n) is 5.41. The predicted octanol–water partition coefficient (Wildman–Crippen LogP) is 4.86. The van der Waals surface area contributed by atoms with Crippen LogP contribution in [0.3, 0.4) is 0 Å². The first kappa shape index (κ1) is 20.9. The van der Waals surface area contributed by atoms with Crippen molar-refractivity contribution in [2.45, 2.75) is 58.9 Å². The van der Waals surface area contributed by atoms with Gasteiger partial charge >= 0.3 is 0 Å². The number of hydrogen-bond donors (Lipinski definition) is 1. The summed E-state index contributed by atoms with van der Waals surface area (Å²) in [6.07, 6.45) is 6.30. The fourth-order valence-corrected chi connectivity index (χ4v) is 3.68. The number of benzene rings is 2. The summed E-state index contributed by atoms with van der Waals surface area (Å²) >= 11 is 0. The minimum atomic E-state index is 0.600. The third kappa shape index (κ3) is 5.05. The average molecular weight is 416 g/mol. The van der Waals surface area contributed by atoms with Gasteiger partial charge in [0.1, 0.15) is 5.82 Å². The van der Waals surface area contributed by atoms with Gasteiger partial charge in [0, 0.05) is 24.9 Å². The summed E-state index contributed by atoms with van der Waals surface area (Å²) in [5.41, 5.74) is 4.40. The van der Waals surface area contributed by atoms with E-state index < -0.39 is 0 Å². The molecule has 2 heterocycles. The van der Waals surface area contributed by atoms with Crippen molar-refractivity contribution >= 4 is 0 Å². The largest absolute Gasteiger partial charge is 0.249 e. The Morgan fingerprint density at radius 1 is 0.903 bits per heavy atom. The summed E-state index contributed by atoms with van der Waals surface area (Å²) in [5.74, 6) is 2.63. The highest BCUT2D eigenvalue weighted by Crippen LogP contribution is 2.30. The van der Waals surface area contributed by atoms with Crippen molar-refractivity contribution in [2.75, 3.05) is 0 Å². The predicted molar refractivity (Wildman–Crippen MR) is 121 cm³/mol. The number of H-pyrrole nitrogens is 1. The normalized spacial score (nSPS) is 11.2. The van der Waals surface area contributed by atoms with E-state index in [0.29, 0.717) is 5.82 Å². The van der Waals surface area contributed by atoms with E-state index in [9.17, 15) is 0 Å². The van der Waals surface area contributed by atoms with E-state index in [4.69, 9.17) is 10.1 Å². The van der Waals surface area contributed by atoms with Crippen LogP contribution >= 0.6 is 0 Å². The second-order valence-corrected chi connectivity index (χ2v) is 7.78. The summed E-state index contributed by atoms with van der Waals surface area (Å²) in [5, 5.41) is 19.3. The zero-order chi connectivity index (χ0) is 21.5. The molecule has 0 radical (unpaired) electrons. The Bertz CT molecular complexity index is 1080. The Labute approximate surface area is 182 Å². The molecule has 0 fully saturated rings. The number of tetrazole rings is 1. The third-order valence-corrected chi connectivity index (χ3v) is 5.41. The van der Waals surface area contributed by atoms with Crippen molar-refractivity contribution in [3.63, 3.8) is 0 Å². The number of hydrogen-bond acceptors (Lipinski definition) is 5. The van der Waals surface area contributed by atoms with Crippen molar-refractivity contribution in [1.29, 1.82) is 0 Å². The van der Waals surface area contributed by atoms with Crippen LogP contribution in [0.2, 0.25) is 0 Å².